The topological polar surface area (TPSA) is 39.3 Å². The number of hydrogen-bond acceptors (Lipinski definition) is 3. The first-order valence-electron chi connectivity index (χ1n) is 12.2. The van der Waals surface area contributed by atoms with Gasteiger partial charge in [-0.1, -0.05) is 54.6 Å². The lowest BCUT2D eigenvalue weighted by atomic mass is 9.65. The molecule has 5 heteroatoms. The molecule has 1 spiro atoms. The number of nitrogens with zero attached hydrogens (tertiary/aromatic N) is 2. The lowest BCUT2D eigenvalue weighted by Crippen LogP contribution is -2.58. The van der Waals surface area contributed by atoms with Gasteiger partial charge in [-0.3, -0.25) is 9.69 Å². The Morgan fingerprint density at radius 3 is 2.38 bits per heavy atom. The molecule has 3 heterocycles. The van der Waals surface area contributed by atoms with E-state index in [0.29, 0.717) is 0 Å². The van der Waals surface area contributed by atoms with Crippen molar-refractivity contribution >= 4 is 28.1 Å². The van der Waals surface area contributed by atoms with Gasteiger partial charge >= 0.3 is 0 Å². The first-order valence-corrected chi connectivity index (χ1v) is 13.1. The number of carbonyl (C=O) groups is 1. The van der Waals surface area contributed by atoms with Crippen LogP contribution in [0, 0.1) is 0 Å². The number of thiophene rings is 1. The van der Waals surface area contributed by atoms with Gasteiger partial charge in [0.1, 0.15) is 0 Å². The molecule has 4 aromatic rings. The minimum atomic E-state index is -0.304. The van der Waals surface area contributed by atoms with Crippen LogP contribution in [0.4, 0.5) is 0 Å². The summed E-state index contributed by atoms with van der Waals surface area (Å²) in [4.78, 5) is 23.1. The number of carbonyl (C=O) groups excluding carboxylic acids is 1. The van der Waals surface area contributed by atoms with E-state index in [0.717, 1.165) is 43.5 Å². The maximum atomic E-state index is 13.8. The monoisotopic (exact) mass is 469 g/mol. The predicted molar refractivity (Wildman–Crippen MR) is 139 cm³/mol. The van der Waals surface area contributed by atoms with Gasteiger partial charge in [0, 0.05) is 28.7 Å². The number of fused-ring (bicyclic) bond motifs is 4. The van der Waals surface area contributed by atoms with Gasteiger partial charge < -0.3 is 9.88 Å². The molecule has 1 amide bonds. The molecule has 2 aliphatic rings. The van der Waals surface area contributed by atoms with Gasteiger partial charge in [0.05, 0.1) is 10.4 Å². The molecular formula is C29H31N3OS. The third-order valence-corrected chi connectivity index (χ3v) is 9.29. The molecule has 2 aromatic carbocycles. The zero-order valence-electron chi connectivity index (χ0n) is 19.9. The number of rotatable bonds is 3. The van der Waals surface area contributed by atoms with Crippen LogP contribution in [-0.2, 0) is 17.5 Å². The molecule has 0 atom stereocenters. The molecular weight excluding hydrogens is 438 g/mol. The van der Waals surface area contributed by atoms with Crippen LogP contribution >= 0.6 is 11.3 Å². The first-order chi connectivity index (χ1) is 16.6. The molecule has 174 valence electrons. The molecule has 4 nitrogen and oxygen atoms in total. The number of H-pyrrole nitrogens is 1. The zero-order valence-corrected chi connectivity index (χ0v) is 20.7. The second kappa shape index (κ2) is 8.10. The van der Waals surface area contributed by atoms with Gasteiger partial charge in [-0.15, -0.1) is 11.3 Å². The molecule has 1 fully saturated rings. The summed E-state index contributed by atoms with van der Waals surface area (Å²) < 4.78 is 0. The molecule has 0 unspecified atom stereocenters. The fourth-order valence-electron chi connectivity index (χ4n) is 6.60. The summed E-state index contributed by atoms with van der Waals surface area (Å²) in [5.41, 5.74) is 4.91. The number of hydrogen-bond donors (Lipinski definition) is 1. The standard InChI is InChI=1S/C29H31N3OS/c1-31(2)28(21-9-4-3-5-10-21)15-17-29(18-16-28)26-23(22-11-6-7-12-24(22)30-26)14-19-32(29)27(33)25-13-8-20-34-25/h3-13,20,30H,14-19H2,1-2H3. The molecule has 0 bridgehead atoms. The third kappa shape index (κ3) is 3.10. The average molecular weight is 470 g/mol. The Morgan fingerprint density at radius 1 is 0.941 bits per heavy atom. The fraction of sp³-hybridized carbons (Fsp3) is 0.345. The number of nitrogens with one attached hydrogen (secondary N) is 1. The summed E-state index contributed by atoms with van der Waals surface area (Å²) in [5.74, 6) is 0.177. The van der Waals surface area contributed by atoms with Gasteiger partial charge in [0.2, 0.25) is 0 Å². The number of amides is 1. The smallest absolute Gasteiger partial charge is 0.264 e. The highest BCUT2D eigenvalue weighted by atomic mass is 32.1. The third-order valence-electron chi connectivity index (χ3n) is 8.43. The van der Waals surface area contributed by atoms with E-state index in [1.807, 2.05) is 17.5 Å². The van der Waals surface area contributed by atoms with Crippen molar-refractivity contribution in [2.45, 2.75) is 43.2 Å². The van der Waals surface area contributed by atoms with Crippen LogP contribution in [0.1, 0.15) is 52.2 Å². The van der Waals surface area contributed by atoms with Crippen molar-refractivity contribution < 1.29 is 4.79 Å². The van der Waals surface area contributed by atoms with E-state index in [4.69, 9.17) is 0 Å². The molecule has 1 saturated carbocycles. The molecule has 1 aliphatic carbocycles. The van der Waals surface area contributed by atoms with Crippen molar-refractivity contribution in [2.75, 3.05) is 20.6 Å². The van der Waals surface area contributed by atoms with Crippen LogP contribution < -0.4 is 0 Å². The second-order valence-electron chi connectivity index (χ2n) is 10.0. The van der Waals surface area contributed by atoms with E-state index < -0.39 is 0 Å². The SMILES string of the molecule is CN(C)C1(c2ccccc2)CCC2(CC1)c1[nH]c3ccccc3c1CCN2C(=O)c1cccs1. The van der Waals surface area contributed by atoms with E-state index in [1.165, 1.54) is 27.7 Å². The molecule has 0 saturated heterocycles. The van der Waals surface area contributed by atoms with Gasteiger partial charge in [-0.25, -0.2) is 0 Å². The first kappa shape index (κ1) is 21.6. The van der Waals surface area contributed by atoms with Crippen molar-refractivity contribution in [3.8, 4) is 0 Å². The summed E-state index contributed by atoms with van der Waals surface area (Å²) in [6.07, 6.45) is 4.80. The van der Waals surface area contributed by atoms with Crippen LogP contribution in [0.5, 0.6) is 0 Å². The minimum absolute atomic E-state index is 0.0201. The Morgan fingerprint density at radius 2 is 1.68 bits per heavy atom. The van der Waals surface area contributed by atoms with Gasteiger partial charge in [-0.2, -0.15) is 0 Å². The van der Waals surface area contributed by atoms with Crippen molar-refractivity contribution in [2.24, 2.45) is 0 Å². The predicted octanol–water partition coefficient (Wildman–Crippen LogP) is 6.15. The zero-order chi connectivity index (χ0) is 23.3. The van der Waals surface area contributed by atoms with E-state index in [9.17, 15) is 4.79 Å². The maximum Gasteiger partial charge on any atom is 0.264 e. The number of aromatic nitrogens is 1. The number of para-hydroxylation sites is 1. The van der Waals surface area contributed by atoms with E-state index in [1.54, 1.807) is 11.3 Å². The molecule has 0 radical (unpaired) electrons. The Kier molecular flexibility index (Phi) is 5.16. The lowest BCUT2D eigenvalue weighted by Gasteiger charge is -2.55. The largest absolute Gasteiger partial charge is 0.356 e. The quantitative estimate of drug-likeness (QED) is 0.391. The molecule has 1 N–H and O–H groups in total. The van der Waals surface area contributed by atoms with Crippen LogP contribution in [0.2, 0.25) is 0 Å². The van der Waals surface area contributed by atoms with Crippen molar-refractivity contribution in [1.29, 1.82) is 0 Å². The Hall–Kier alpha value is -2.89. The summed E-state index contributed by atoms with van der Waals surface area (Å²) in [6, 6.07) is 23.5. The number of benzene rings is 2. The molecule has 6 rings (SSSR count). The molecule has 34 heavy (non-hydrogen) atoms. The fourth-order valence-corrected chi connectivity index (χ4v) is 7.27. The van der Waals surface area contributed by atoms with Crippen molar-refractivity contribution in [1.82, 2.24) is 14.8 Å². The minimum Gasteiger partial charge on any atom is -0.356 e. The highest BCUT2D eigenvalue weighted by Gasteiger charge is 2.53. The molecule has 1 aliphatic heterocycles. The second-order valence-corrected chi connectivity index (χ2v) is 11.0. The highest BCUT2D eigenvalue weighted by Crippen LogP contribution is 2.53. The normalized spacial score (nSPS) is 24.6. The maximum absolute atomic E-state index is 13.8. The summed E-state index contributed by atoms with van der Waals surface area (Å²) in [5, 5.41) is 3.32. The van der Waals surface area contributed by atoms with Crippen LogP contribution in [0.15, 0.2) is 72.1 Å². The summed E-state index contributed by atoms with van der Waals surface area (Å²) in [6.45, 7) is 0.770. The summed E-state index contributed by atoms with van der Waals surface area (Å²) in [7, 11) is 4.41. The lowest BCUT2D eigenvalue weighted by molar-refractivity contribution is -0.0139. The summed E-state index contributed by atoms with van der Waals surface area (Å²) >= 11 is 1.55. The Bertz CT molecular complexity index is 1310. The van der Waals surface area contributed by atoms with Gasteiger partial charge in [0.25, 0.3) is 5.91 Å². The van der Waals surface area contributed by atoms with Crippen LogP contribution in [0.3, 0.4) is 0 Å². The van der Waals surface area contributed by atoms with E-state index in [2.05, 4.69) is 83.5 Å². The van der Waals surface area contributed by atoms with Crippen LogP contribution in [-0.4, -0.2) is 41.3 Å². The number of aromatic amines is 1. The van der Waals surface area contributed by atoms with Crippen LogP contribution in [0.25, 0.3) is 10.9 Å². The van der Waals surface area contributed by atoms with Crippen molar-refractivity contribution in [3.05, 3.63) is 93.8 Å². The van der Waals surface area contributed by atoms with Gasteiger partial charge in [-0.05, 0) is 74.8 Å². The van der Waals surface area contributed by atoms with E-state index >= 15 is 0 Å². The average Bonchev–Trinajstić information content (AvgIpc) is 3.54. The molecule has 2 aromatic heterocycles. The highest BCUT2D eigenvalue weighted by molar-refractivity contribution is 7.12. The van der Waals surface area contributed by atoms with Gasteiger partial charge in [0.15, 0.2) is 0 Å². The van der Waals surface area contributed by atoms with E-state index in [-0.39, 0.29) is 17.0 Å². The van der Waals surface area contributed by atoms with Crippen molar-refractivity contribution in [3.63, 3.8) is 0 Å². The Balaban J connectivity index is 1.47. The Labute approximate surface area is 205 Å².